The van der Waals surface area contributed by atoms with Gasteiger partial charge in [-0.25, -0.2) is 14.0 Å². The van der Waals surface area contributed by atoms with E-state index in [-0.39, 0.29) is 18.0 Å². The molecule has 2 aromatic carbocycles. The van der Waals surface area contributed by atoms with Gasteiger partial charge >= 0.3 is 12.0 Å². The molecule has 1 aliphatic rings. The number of aliphatic hydroxyl groups excluding tert-OH is 1. The van der Waals surface area contributed by atoms with Gasteiger partial charge in [-0.2, -0.15) is 5.10 Å². The van der Waals surface area contributed by atoms with Gasteiger partial charge in [-0.05, 0) is 67.9 Å². The fourth-order valence-electron chi connectivity index (χ4n) is 4.00. The highest BCUT2D eigenvalue weighted by molar-refractivity contribution is 5.95. The minimum absolute atomic E-state index is 0.174. The van der Waals surface area contributed by atoms with Crippen molar-refractivity contribution in [2.24, 2.45) is 5.10 Å². The molecule has 11 nitrogen and oxygen atoms in total. The molecule has 0 unspecified atom stereocenters. The van der Waals surface area contributed by atoms with Gasteiger partial charge < -0.3 is 34.4 Å². The van der Waals surface area contributed by atoms with Gasteiger partial charge in [0.25, 0.3) is 0 Å². The molecule has 2 atom stereocenters. The van der Waals surface area contributed by atoms with Crippen LogP contribution in [0.1, 0.15) is 31.2 Å². The fraction of sp³-hybridized carbons (Fsp3) is 0.250. The number of carbonyl (C=O) groups is 2. The lowest BCUT2D eigenvalue weighted by atomic mass is 9.95. The molecule has 40 heavy (non-hydrogen) atoms. The third kappa shape index (κ3) is 6.77. The van der Waals surface area contributed by atoms with Gasteiger partial charge in [0.2, 0.25) is 0 Å². The number of nitrogens with one attached hydrogen (secondary N) is 3. The summed E-state index contributed by atoms with van der Waals surface area (Å²) in [5.74, 6) is 0.752. The number of benzene rings is 2. The number of furan rings is 1. The van der Waals surface area contributed by atoms with E-state index in [9.17, 15) is 19.1 Å². The molecule has 0 radical (unpaired) electrons. The molecule has 2 heterocycles. The Morgan fingerprint density at radius 1 is 1.18 bits per heavy atom. The lowest BCUT2D eigenvalue weighted by Gasteiger charge is -2.28. The lowest BCUT2D eigenvalue weighted by molar-refractivity contribution is -0.136. The van der Waals surface area contributed by atoms with Crippen LogP contribution >= 0.6 is 0 Å². The maximum Gasteiger partial charge on any atom is 0.337 e. The van der Waals surface area contributed by atoms with E-state index in [0.29, 0.717) is 46.5 Å². The third-order valence-corrected chi connectivity index (χ3v) is 5.84. The Morgan fingerprint density at radius 2 is 1.95 bits per heavy atom. The van der Waals surface area contributed by atoms with Gasteiger partial charge in [0.05, 0.1) is 31.5 Å². The van der Waals surface area contributed by atoms with Crippen molar-refractivity contribution in [3.63, 3.8) is 0 Å². The summed E-state index contributed by atoms with van der Waals surface area (Å²) in [6.07, 6.45) is 0.218. The Balaban J connectivity index is 1.39. The highest BCUT2D eigenvalue weighted by atomic mass is 19.1. The van der Waals surface area contributed by atoms with E-state index in [1.165, 1.54) is 25.5 Å². The zero-order valence-electron chi connectivity index (χ0n) is 22.1. The van der Waals surface area contributed by atoms with E-state index >= 15 is 0 Å². The van der Waals surface area contributed by atoms with Gasteiger partial charge in [0, 0.05) is 11.3 Å². The van der Waals surface area contributed by atoms with Crippen molar-refractivity contribution in [2.75, 3.05) is 20.3 Å². The zero-order chi connectivity index (χ0) is 28.6. The maximum absolute atomic E-state index is 13.1. The molecule has 0 bridgehead atoms. The number of rotatable bonds is 11. The number of methoxy groups -OCH3 is 1. The number of ether oxygens (including phenoxy) is 3. The average Bonchev–Trinajstić information content (AvgIpc) is 3.41. The van der Waals surface area contributed by atoms with E-state index in [0.717, 1.165) is 0 Å². The number of hydrogen-bond acceptors (Lipinski definition) is 9. The number of halogens is 1. The van der Waals surface area contributed by atoms with Crippen LogP contribution in [-0.2, 0) is 9.53 Å². The number of esters is 1. The average molecular weight is 553 g/mol. The van der Waals surface area contributed by atoms with E-state index in [1.807, 2.05) is 0 Å². The smallest absolute Gasteiger partial charge is 0.337 e. The minimum atomic E-state index is -1.17. The number of carbonyl (C=O) groups excluding carboxylic acids is 2. The number of nitrogens with zero attached hydrogens (tertiary/aromatic N) is 1. The summed E-state index contributed by atoms with van der Waals surface area (Å²) < 4.78 is 35.1. The van der Waals surface area contributed by atoms with Gasteiger partial charge in [0.1, 0.15) is 23.9 Å². The van der Waals surface area contributed by atoms with Gasteiger partial charge in [-0.15, -0.1) is 0 Å². The SMILES string of the molecule is CCOc1cc([C@H]2NC(=O)NC(C)=C2C(=O)OC)ccc1OC[C@H](O)N/N=C\c1ccc(-c2ccc(F)cc2)o1. The van der Waals surface area contributed by atoms with Crippen LogP contribution in [-0.4, -0.2) is 49.9 Å². The molecular weight excluding hydrogens is 523 g/mol. The molecular formula is C28H29FN4O7. The van der Waals surface area contributed by atoms with Crippen LogP contribution in [0.2, 0.25) is 0 Å². The Kier molecular flexibility index (Phi) is 9.02. The topological polar surface area (TPSA) is 144 Å². The van der Waals surface area contributed by atoms with Crippen molar-refractivity contribution in [3.8, 4) is 22.8 Å². The molecule has 4 rings (SSSR count). The number of hydrogen-bond donors (Lipinski definition) is 4. The van der Waals surface area contributed by atoms with Gasteiger partial charge in [-0.1, -0.05) is 6.07 Å². The van der Waals surface area contributed by atoms with Crippen LogP contribution in [0.3, 0.4) is 0 Å². The summed E-state index contributed by atoms with van der Waals surface area (Å²) in [6, 6.07) is 13.1. The number of allylic oxidation sites excluding steroid dienone is 1. The second kappa shape index (κ2) is 12.8. The van der Waals surface area contributed by atoms with Gasteiger partial charge in [-0.3, -0.25) is 5.43 Å². The number of amides is 2. The van der Waals surface area contributed by atoms with Crippen LogP contribution in [0.25, 0.3) is 11.3 Å². The number of aliphatic hydroxyl groups is 1. The first kappa shape index (κ1) is 28.2. The Bertz CT molecular complexity index is 1420. The maximum atomic E-state index is 13.1. The molecule has 0 spiro atoms. The molecule has 0 saturated heterocycles. The normalized spacial score (nSPS) is 15.8. The Hall–Kier alpha value is -4.84. The monoisotopic (exact) mass is 552 g/mol. The van der Waals surface area contributed by atoms with Crippen molar-refractivity contribution in [3.05, 3.63) is 83.0 Å². The predicted octanol–water partition coefficient (Wildman–Crippen LogP) is 3.61. The van der Waals surface area contributed by atoms with E-state index in [2.05, 4.69) is 21.2 Å². The van der Waals surface area contributed by atoms with Crippen molar-refractivity contribution in [1.82, 2.24) is 16.1 Å². The molecule has 3 aromatic rings. The summed E-state index contributed by atoms with van der Waals surface area (Å²) in [5.41, 5.74) is 4.48. The van der Waals surface area contributed by atoms with Gasteiger partial charge in [0.15, 0.2) is 17.7 Å². The lowest BCUT2D eigenvalue weighted by Crippen LogP contribution is -2.45. The van der Waals surface area contributed by atoms with Crippen molar-refractivity contribution in [2.45, 2.75) is 26.1 Å². The summed E-state index contributed by atoms with van der Waals surface area (Å²) in [6.45, 7) is 3.57. The molecule has 12 heteroatoms. The molecule has 1 aliphatic heterocycles. The summed E-state index contributed by atoms with van der Waals surface area (Å²) in [4.78, 5) is 24.5. The third-order valence-electron chi connectivity index (χ3n) is 5.84. The first-order valence-electron chi connectivity index (χ1n) is 12.4. The fourth-order valence-corrected chi connectivity index (χ4v) is 4.00. The molecule has 0 aliphatic carbocycles. The van der Waals surface area contributed by atoms with Crippen LogP contribution < -0.4 is 25.5 Å². The highest BCUT2D eigenvalue weighted by Gasteiger charge is 2.32. The largest absolute Gasteiger partial charge is 0.490 e. The molecule has 2 amide bonds. The summed E-state index contributed by atoms with van der Waals surface area (Å²) >= 11 is 0. The van der Waals surface area contributed by atoms with E-state index in [1.54, 1.807) is 56.3 Å². The second-order valence-electron chi connectivity index (χ2n) is 8.62. The molecule has 0 saturated carbocycles. The summed E-state index contributed by atoms with van der Waals surface area (Å²) in [7, 11) is 1.27. The first-order valence-corrected chi connectivity index (χ1v) is 12.4. The van der Waals surface area contributed by atoms with Crippen molar-refractivity contribution in [1.29, 1.82) is 0 Å². The van der Waals surface area contributed by atoms with Crippen LogP contribution in [0.15, 0.2) is 75.4 Å². The number of urea groups is 1. The summed E-state index contributed by atoms with van der Waals surface area (Å²) in [5, 5.41) is 19.6. The standard InChI is InChI=1S/C28H29FN4O7/c1-4-38-23-13-18(26-25(27(35)37-3)16(2)31-28(36)32-26)7-11-22(23)39-15-24(34)33-30-14-20-10-12-21(40-20)17-5-8-19(29)9-6-17/h5-14,24,26,33-34H,4,15H2,1-3H3,(H2,31,32,36)/b30-14-/t24-,26+/m0/s1. The molecule has 4 N–H and O–H groups in total. The second-order valence-corrected chi connectivity index (χ2v) is 8.62. The molecule has 1 aromatic heterocycles. The van der Waals surface area contributed by atoms with Crippen LogP contribution in [0, 0.1) is 5.82 Å². The molecule has 0 fully saturated rings. The van der Waals surface area contributed by atoms with Crippen molar-refractivity contribution < 1.29 is 37.7 Å². The van der Waals surface area contributed by atoms with Crippen LogP contribution in [0.4, 0.5) is 9.18 Å². The van der Waals surface area contributed by atoms with E-state index < -0.39 is 24.3 Å². The van der Waals surface area contributed by atoms with E-state index in [4.69, 9.17) is 18.6 Å². The highest BCUT2D eigenvalue weighted by Crippen LogP contribution is 2.35. The zero-order valence-corrected chi connectivity index (χ0v) is 22.1. The predicted molar refractivity (Wildman–Crippen MR) is 143 cm³/mol. The van der Waals surface area contributed by atoms with Crippen molar-refractivity contribution >= 4 is 18.2 Å². The molecule has 210 valence electrons. The van der Waals surface area contributed by atoms with Crippen LogP contribution in [0.5, 0.6) is 11.5 Å². The Labute approximate surface area is 229 Å². The first-order chi connectivity index (χ1) is 19.3. The Morgan fingerprint density at radius 3 is 2.67 bits per heavy atom. The minimum Gasteiger partial charge on any atom is -0.490 e. The number of hydrazone groups is 1. The quantitative estimate of drug-likeness (QED) is 0.122.